The van der Waals surface area contributed by atoms with Gasteiger partial charge in [0, 0.05) is 23.0 Å². The molecule has 2 N–H and O–H groups in total. The third-order valence-corrected chi connectivity index (χ3v) is 4.91. The number of hydrogen-bond donors (Lipinski definition) is 2. The molecule has 0 fully saturated rings. The summed E-state index contributed by atoms with van der Waals surface area (Å²) in [6.45, 7) is 5.68. The first-order chi connectivity index (χ1) is 13.8. The zero-order valence-corrected chi connectivity index (χ0v) is 17.4. The molecule has 3 aromatic rings. The summed E-state index contributed by atoms with van der Waals surface area (Å²) in [4.78, 5) is 4.73. The number of ether oxygens (including phenoxy) is 1. The van der Waals surface area contributed by atoms with Crippen molar-refractivity contribution < 1.29 is 9.84 Å². The summed E-state index contributed by atoms with van der Waals surface area (Å²) in [5, 5.41) is 24.4. The van der Waals surface area contributed by atoms with Gasteiger partial charge in [0.2, 0.25) is 0 Å². The van der Waals surface area contributed by atoms with Gasteiger partial charge in [-0.05, 0) is 45.0 Å². The molecule has 6 heteroatoms. The first-order valence-corrected chi connectivity index (χ1v) is 9.82. The van der Waals surface area contributed by atoms with Crippen LogP contribution in [0.5, 0.6) is 5.75 Å². The number of para-hydroxylation sites is 1. The maximum absolute atomic E-state index is 10.3. The molecule has 0 radical (unpaired) electrons. The number of nitrogens with one attached hydrogen (secondary N) is 1. The molecule has 0 saturated carbocycles. The average Bonchev–Trinajstić information content (AvgIpc) is 2.67. The molecule has 3 rings (SSSR count). The Morgan fingerprint density at radius 3 is 2.66 bits per heavy atom. The highest BCUT2D eigenvalue weighted by Crippen LogP contribution is 2.27. The summed E-state index contributed by atoms with van der Waals surface area (Å²) in [7, 11) is 0. The zero-order valence-electron chi connectivity index (χ0n) is 16.7. The Hall–Kier alpha value is -2.65. The van der Waals surface area contributed by atoms with Gasteiger partial charge in [0.1, 0.15) is 23.5 Å². The van der Waals surface area contributed by atoms with Gasteiger partial charge in [-0.2, -0.15) is 5.26 Å². The molecule has 2 aromatic carbocycles. The maximum Gasteiger partial charge on any atom is 0.176 e. The number of halogens is 1. The number of aliphatic hydroxyl groups is 1. The highest BCUT2D eigenvalue weighted by atomic mass is 35.5. The van der Waals surface area contributed by atoms with E-state index < -0.39 is 17.9 Å². The van der Waals surface area contributed by atoms with Gasteiger partial charge in [-0.3, -0.25) is 10.3 Å². The molecule has 0 aliphatic heterocycles. The number of aliphatic hydroxyl groups excluding tert-OH is 1. The quantitative estimate of drug-likeness (QED) is 0.563. The van der Waals surface area contributed by atoms with Crippen molar-refractivity contribution in [1.29, 1.82) is 5.26 Å². The number of hydrogen-bond acceptors (Lipinski definition) is 5. The lowest BCUT2D eigenvalue weighted by atomic mass is 9.97. The maximum atomic E-state index is 10.3. The molecule has 0 amide bonds. The van der Waals surface area contributed by atoms with E-state index in [0.717, 1.165) is 16.6 Å². The molecule has 0 bridgehead atoms. The normalized spacial score (nSPS) is 13.7. The lowest BCUT2D eigenvalue weighted by Crippen LogP contribution is -2.54. The number of nitriles is 1. The third kappa shape index (κ3) is 5.24. The fraction of sp³-hybridized carbons (Fsp3) is 0.304. The van der Waals surface area contributed by atoms with Gasteiger partial charge >= 0.3 is 0 Å². The third-order valence-electron chi connectivity index (χ3n) is 4.59. The van der Waals surface area contributed by atoms with Crippen LogP contribution in [0.1, 0.15) is 32.0 Å². The van der Waals surface area contributed by atoms with Crippen LogP contribution in [0.15, 0.2) is 54.6 Å². The fourth-order valence-corrected chi connectivity index (χ4v) is 3.40. The lowest BCUT2D eigenvalue weighted by molar-refractivity contribution is 0.00864. The van der Waals surface area contributed by atoms with Crippen LogP contribution < -0.4 is 10.1 Å². The van der Waals surface area contributed by atoms with Crippen LogP contribution >= 0.6 is 11.6 Å². The molecule has 0 aliphatic carbocycles. The van der Waals surface area contributed by atoms with E-state index in [2.05, 4.69) is 17.5 Å². The second-order valence-corrected chi connectivity index (χ2v) is 8.11. The Kier molecular flexibility index (Phi) is 6.39. The smallest absolute Gasteiger partial charge is 0.176 e. The van der Waals surface area contributed by atoms with E-state index in [9.17, 15) is 10.4 Å². The van der Waals surface area contributed by atoms with Crippen molar-refractivity contribution in [3.05, 3.63) is 70.9 Å². The molecule has 2 atom stereocenters. The molecular weight excluding hydrogens is 386 g/mol. The van der Waals surface area contributed by atoms with Crippen LogP contribution in [-0.4, -0.2) is 28.0 Å². The average molecular weight is 410 g/mol. The highest BCUT2D eigenvalue weighted by molar-refractivity contribution is 6.31. The minimum atomic E-state index is -0.815. The van der Waals surface area contributed by atoms with Gasteiger partial charge in [0.05, 0.1) is 10.5 Å². The van der Waals surface area contributed by atoms with Gasteiger partial charge in [-0.1, -0.05) is 41.9 Å². The summed E-state index contributed by atoms with van der Waals surface area (Å²) in [5.74, 6) is 0.332. The molecule has 1 aromatic heterocycles. The van der Waals surface area contributed by atoms with E-state index in [1.807, 2.05) is 44.2 Å². The molecule has 1 heterocycles. The summed E-state index contributed by atoms with van der Waals surface area (Å²) >= 11 is 6.09. The van der Waals surface area contributed by atoms with Gasteiger partial charge in [0.25, 0.3) is 0 Å². The second-order valence-electron chi connectivity index (χ2n) is 7.70. The molecule has 29 heavy (non-hydrogen) atoms. The number of nitrogens with zero attached hydrogens (tertiary/aromatic N) is 2. The molecule has 0 saturated heterocycles. The molecule has 0 spiro atoms. The zero-order chi connectivity index (χ0) is 21.0. The molecule has 5 nitrogen and oxygen atoms in total. The van der Waals surface area contributed by atoms with E-state index in [-0.39, 0.29) is 5.56 Å². The number of pyridine rings is 1. The van der Waals surface area contributed by atoms with E-state index >= 15 is 0 Å². The SMILES string of the molecule is CC(O)C(NC(C)(C)Cc1ccc2ccccc2n1)Oc1cccc(Cl)c1C#N. The highest BCUT2D eigenvalue weighted by Gasteiger charge is 2.28. The first kappa shape index (κ1) is 21.1. The molecule has 2 unspecified atom stereocenters. The minimum Gasteiger partial charge on any atom is -0.471 e. The standard InChI is InChI=1S/C23H24ClN3O2/c1-15(28)22(29-21-10-6-8-19(24)18(21)14-25)27-23(2,3)13-17-12-11-16-7-4-5-9-20(16)26-17/h4-12,15,22,27-28H,13H2,1-3H3. The fourth-order valence-electron chi connectivity index (χ4n) is 3.19. The summed E-state index contributed by atoms with van der Waals surface area (Å²) in [6, 6.07) is 19.1. The van der Waals surface area contributed by atoms with Crippen molar-refractivity contribution in [2.24, 2.45) is 0 Å². The molecule has 150 valence electrons. The van der Waals surface area contributed by atoms with Gasteiger partial charge in [-0.15, -0.1) is 0 Å². The Balaban J connectivity index is 1.78. The Labute approximate surface area is 175 Å². The first-order valence-electron chi connectivity index (χ1n) is 9.45. The molecular formula is C23H24ClN3O2. The predicted octanol–water partition coefficient (Wildman–Crippen LogP) is 4.46. The monoisotopic (exact) mass is 409 g/mol. The van der Waals surface area contributed by atoms with Crippen molar-refractivity contribution in [3.8, 4) is 11.8 Å². The number of rotatable bonds is 7. The van der Waals surface area contributed by atoms with Crippen LogP contribution in [0.25, 0.3) is 10.9 Å². The van der Waals surface area contributed by atoms with Crippen LogP contribution in [0, 0.1) is 11.3 Å². The second kappa shape index (κ2) is 8.79. The van der Waals surface area contributed by atoms with Crippen LogP contribution in [0.3, 0.4) is 0 Å². The van der Waals surface area contributed by atoms with Gasteiger partial charge < -0.3 is 9.84 Å². The van der Waals surface area contributed by atoms with E-state index in [4.69, 9.17) is 21.3 Å². The van der Waals surface area contributed by atoms with Crippen molar-refractivity contribution in [2.45, 2.75) is 45.1 Å². The van der Waals surface area contributed by atoms with E-state index in [1.165, 1.54) is 0 Å². The number of fused-ring (bicyclic) bond motifs is 1. The summed E-state index contributed by atoms with van der Waals surface area (Å²) in [5.41, 5.74) is 1.70. The topological polar surface area (TPSA) is 78.2 Å². The Bertz CT molecular complexity index is 1040. The van der Waals surface area contributed by atoms with Crippen LogP contribution in [0.4, 0.5) is 0 Å². The summed E-state index contributed by atoms with van der Waals surface area (Å²) < 4.78 is 5.93. The lowest BCUT2D eigenvalue weighted by Gasteiger charge is -2.33. The number of aromatic nitrogens is 1. The largest absolute Gasteiger partial charge is 0.471 e. The van der Waals surface area contributed by atoms with Crippen LogP contribution in [0.2, 0.25) is 5.02 Å². The van der Waals surface area contributed by atoms with Gasteiger partial charge in [-0.25, -0.2) is 0 Å². The Morgan fingerprint density at radius 1 is 1.17 bits per heavy atom. The van der Waals surface area contributed by atoms with E-state index in [1.54, 1.807) is 25.1 Å². The van der Waals surface area contributed by atoms with E-state index in [0.29, 0.717) is 17.2 Å². The summed E-state index contributed by atoms with van der Waals surface area (Å²) in [6.07, 6.45) is -0.911. The minimum absolute atomic E-state index is 0.246. The van der Waals surface area contributed by atoms with Crippen molar-refractivity contribution in [1.82, 2.24) is 10.3 Å². The van der Waals surface area contributed by atoms with Gasteiger partial charge in [0.15, 0.2) is 6.23 Å². The van der Waals surface area contributed by atoms with Crippen molar-refractivity contribution in [3.63, 3.8) is 0 Å². The number of benzene rings is 2. The predicted molar refractivity (Wildman–Crippen MR) is 115 cm³/mol. The van der Waals surface area contributed by atoms with Crippen molar-refractivity contribution in [2.75, 3.05) is 0 Å². The molecule has 0 aliphatic rings. The Morgan fingerprint density at radius 2 is 1.93 bits per heavy atom. The van der Waals surface area contributed by atoms with Crippen molar-refractivity contribution >= 4 is 22.5 Å². The van der Waals surface area contributed by atoms with Crippen LogP contribution in [-0.2, 0) is 6.42 Å².